The molecule has 0 aliphatic rings. The molecule has 0 bridgehead atoms. The molecule has 0 heterocycles. The van der Waals surface area contributed by atoms with Crippen LogP contribution >= 0.6 is 0 Å². The molecular weight excluding hydrogens is 797 g/mol. The molecule has 0 saturated heterocycles. The highest BCUT2D eigenvalue weighted by Crippen LogP contribution is 2.31. The van der Waals surface area contributed by atoms with Crippen LogP contribution in [0, 0.1) is 48.5 Å². The van der Waals surface area contributed by atoms with Crippen LogP contribution < -0.4 is 0 Å². The van der Waals surface area contributed by atoms with E-state index in [0.717, 1.165) is 22.4 Å². The molecule has 0 radical (unpaired) electrons. The Morgan fingerprint density at radius 3 is 1.47 bits per heavy atom. The van der Waals surface area contributed by atoms with Crippen LogP contribution in [0.25, 0.3) is 38.7 Å². The van der Waals surface area contributed by atoms with Gasteiger partial charge in [-0.15, -0.1) is 0 Å². The second-order valence-electron chi connectivity index (χ2n) is 16.8. The van der Waals surface area contributed by atoms with Crippen LogP contribution in [0.2, 0.25) is 0 Å². The third kappa shape index (κ3) is 13.7. The monoisotopic (exact) mass is 858 g/mol. The van der Waals surface area contributed by atoms with E-state index in [9.17, 15) is 0 Å². The largest absolute Gasteiger partial charge is 0.233 e. The molecule has 0 N–H and O–H groups in total. The molecule has 328 valence electrons. The van der Waals surface area contributed by atoms with E-state index in [-0.39, 0.29) is 0 Å². The van der Waals surface area contributed by atoms with Crippen molar-refractivity contribution < 1.29 is 0 Å². The van der Waals surface area contributed by atoms with Gasteiger partial charge in [0.05, 0.1) is 5.70 Å². The number of benzene rings is 9. The van der Waals surface area contributed by atoms with Crippen molar-refractivity contribution in [3.8, 4) is 22.3 Å². The molecule has 2 heteroatoms. The lowest BCUT2D eigenvalue weighted by atomic mass is 9.93. The van der Waals surface area contributed by atoms with E-state index in [4.69, 9.17) is 9.98 Å². The highest BCUT2D eigenvalue weighted by Gasteiger charge is 2.09. The van der Waals surface area contributed by atoms with Gasteiger partial charge in [-0.1, -0.05) is 224 Å². The van der Waals surface area contributed by atoms with E-state index >= 15 is 0 Å². The number of fused-ring (bicyclic) bond motifs is 1. The molecule has 9 aromatic rings. The lowest BCUT2D eigenvalue weighted by molar-refractivity contribution is 1.34. The minimum Gasteiger partial charge on any atom is -0.233 e. The molecule has 0 spiro atoms. The molecule has 0 amide bonds. The third-order valence-electron chi connectivity index (χ3n) is 11.6. The predicted molar refractivity (Wildman–Crippen MR) is 288 cm³/mol. The molecule has 2 nitrogen and oxygen atoms in total. The zero-order chi connectivity index (χ0) is 46.8. The third-order valence-corrected chi connectivity index (χ3v) is 11.6. The SMILES string of the molecule is C=C(N=C(N=C(C)c1ccccc1)c1cccc(C)c1)c1ccccc1.Cc1ccc(-c2ccc(C)c(-c3ccccc3C)c2)cc1.Cc1cccc2ccccc12.Cc1ccccc1C. The molecule has 0 aliphatic carbocycles. The Hall–Kier alpha value is -7.68. The van der Waals surface area contributed by atoms with Crippen molar-refractivity contribution in [1.29, 1.82) is 0 Å². The van der Waals surface area contributed by atoms with Crippen molar-refractivity contribution in [1.82, 2.24) is 0 Å². The first-order valence-electron chi connectivity index (χ1n) is 22.7. The van der Waals surface area contributed by atoms with Crippen LogP contribution in [0.4, 0.5) is 0 Å². The Bertz CT molecular complexity index is 3020. The number of hydrogen-bond acceptors (Lipinski definition) is 1. The van der Waals surface area contributed by atoms with Crippen LogP contribution in [0.15, 0.2) is 235 Å². The van der Waals surface area contributed by atoms with Crippen LogP contribution in [-0.4, -0.2) is 11.5 Å². The highest BCUT2D eigenvalue weighted by molar-refractivity contribution is 6.12. The molecule has 9 rings (SSSR count). The van der Waals surface area contributed by atoms with Crippen molar-refractivity contribution in [2.45, 2.75) is 55.4 Å². The Morgan fingerprint density at radius 2 is 0.848 bits per heavy atom. The fourth-order valence-corrected chi connectivity index (χ4v) is 7.43. The van der Waals surface area contributed by atoms with E-state index in [1.807, 2.05) is 67.6 Å². The topological polar surface area (TPSA) is 24.7 Å². The number of amidine groups is 1. The minimum atomic E-state index is 0.670. The first-order valence-corrected chi connectivity index (χ1v) is 22.7. The summed E-state index contributed by atoms with van der Waals surface area (Å²) < 4.78 is 0. The van der Waals surface area contributed by atoms with Crippen molar-refractivity contribution in [2.75, 3.05) is 0 Å². The first-order chi connectivity index (χ1) is 32.0. The van der Waals surface area contributed by atoms with Gasteiger partial charge in [-0.2, -0.15) is 0 Å². The number of nitrogens with zero attached hydrogens (tertiary/aromatic N) is 2. The van der Waals surface area contributed by atoms with Crippen LogP contribution in [0.3, 0.4) is 0 Å². The Morgan fingerprint density at radius 1 is 0.348 bits per heavy atom. The van der Waals surface area contributed by atoms with Crippen molar-refractivity contribution in [3.05, 3.63) is 281 Å². The molecule has 0 unspecified atom stereocenters. The first kappa shape index (κ1) is 47.8. The van der Waals surface area contributed by atoms with Gasteiger partial charge in [-0.05, 0) is 139 Å². The summed E-state index contributed by atoms with van der Waals surface area (Å²) in [5.74, 6) is 0.670. The summed E-state index contributed by atoms with van der Waals surface area (Å²) in [6.07, 6.45) is 0. The maximum atomic E-state index is 4.83. The summed E-state index contributed by atoms with van der Waals surface area (Å²) in [7, 11) is 0. The Labute approximate surface area is 394 Å². The Kier molecular flexibility index (Phi) is 17.3. The number of aryl methyl sites for hydroxylation is 7. The van der Waals surface area contributed by atoms with Gasteiger partial charge in [0.25, 0.3) is 0 Å². The lowest BCUT2D eigenvalue weighted by Gasteiger charge is -2.12. The second kappa shape index (κ2) is 23.8. The van der Waals surface area contributed by atoms with E-state index in [0.29, 0.717) is 11.5 Å². The molecule has 66 heavy (non-hydrogen) atoms. The molecule has 0 aliphatic heterocycles. The second-order valence-corrected chi connectivity index (χ2v) is 16.8. The molecule has 0 fully saturated rings. The predicted octanol–water partition coefficient (Wildman–Crippen LogP) is 17.3. The van der Waals surface area contributed by atoms with E-state index in [1.54, 1.807) is 0 Å². The van der Waals surface area contributed by atoms with E-state index < -0.39 is 0 Å². The van der Waals surface area contributed by atoms with Crippen molar-refractivity contribution >= 4 is 28.0 Å². The van der Waals surface area contributed by atoms with Gasteiger partial charge in [-0.25, -0.2) is 9.98 Å². The zero-order valence-corrected chi connectivity index (χ0v) is 39.9. The molecule has 0 saturated carbocycles. The van der Waals surface area contributed by atoms with Gasteiger partial charge in [0, 0.05) is 11.3 Å². The molecule has 9 aromatic carbocycles. The maximum absolute atomic E-state index is 4.83. The summed E-state index contributed by atoms with van der Waals surface area (Å²) in [6.45, 7) is 21.1. The molecule has 0 atom stereocenters. The van der Waals surface area contributed by atoms with Crippen molar-refractivity contribution in [3.63, 3.8) is 0 Å². The molecular formula is C64H62N2. The van der Waals surface area contributed by atoms with Crippen LogP contribution in [0.5, 0.6) is 0 Å². The van der Waals surface area contributed by atoms with Gasteiger partial charge in [0.15, 0.2) is 5.84 Å². The average Bonchev–Trinajstić information content (AvgIpc) is 3.34. The summed E-state index contributed by atoms with van der Waals surface area (Å²) in [5.41, 5.74) is 19.1. The van der Waals surface area contributed by atoms with E-state index in [1.165, 1.54) is 72.0 Å². The normalized spacial score (nSPS) is 11.0. The fourth-order valence-electron chi connectivity index (χ4n) is 7.43. The smallest absolute Gasteiger partial charge is 0.160 e. The summed E-state index contributed by atoms with van der Waals surface area (Å²) in [4.78, 5) is 9.59. The summed E-state index contributed by atoms with van der Waals surface area (Å²) in [5, 5.41) is 2.68. The van der Waals surface area contributed by atoms with Crippen LogP contribution in [-0.2, 0) is 0 Å². The maximum Gasteiger partial charge on any atom is 0.160 e. The lowest BCUT2D eigenvalue weighted by Crippen LogP contribution is -2.04. The van der Waals surface area contributed by atoms with Gasteiger partial charge in [0.1, 0.15) is 0 Å². The number of aliphatic imine (C=N–C) groups is 2. The standard InChI is InChI=1S/C24H22N2.C21H20.C11H10.C8H10/c1-18-11-10-16-23(17-18)24(25-19(2)21-12-6-4-7-13-21)26-20(3)22-14-8-5-9-15-22;1-15-8-11-18(12-9-15)19-13-10-17(3)21(14-19)20-7-5-4-6-16(20)2;1-9-5-4-7-10-6-2-3-8-11(9)10;1-7-5-3-4-6-8(7)2/h4-17H,2H2,1,3H3;4-14H,1-3H3;2-8H,1H3;3-6H,1-2H3. The summed E-state index contributed by atoms with van der Waals surface area (Å²) >= 11 is 0. The van der Waals surface area contributed by atoms with Gasteiger partial charge in [0.2, 0.25) is 0 Å². The van der Waals surface area contributed by atoms with E-state index in [2.05, 4.69) is 213 Å². The minimum absolute atomic E-state index is 0.670. The highest BCUT2D eigenvalue weighted by atomic mass is 14.9. The average molecular weight is 859 g/mol. The zero-order valence-electron chi connectivity index (χ0n) is 39.9. The Balaban J connectivity index is 0.000000159. The van der Waals surface area contributed by atoms with Gasteiger partial charge < -0.3 is 0 Å². The quantitative estimate of drug-likeness (QED) is 0.118. The van der Waals surface area contributed by atoms with Crippen molar-refractivity contribution in [2.24, 2.45) is 9.98 Å². The summed E-state index contributed by atoms with van der Waals surface area (Å²) in [6, 6.07) is 75.6. The number of hydrogen-bond donors (Lipinski definition) is 0. The number of rotatable bonds is 6. The van der Waals surface area contributed by atoms with Gasteiger partial charge in [-0.3, -0.25) is 0 Å². The van der Waals surface area contributed by atoms with Gasteiger partial charge >= 0.3 is 0 Å². The molecule has 0 aromatic heterocycles. The van der Waals surface area contributed by atoms with Crippen LogP contribution in [0.1, 0.15) is 62.6 Å². The fraction of sp³-hybridized carbons (Fsp3) is 0.125.